The highest BCUT2D eigenvalue weighted by Gasteiger charge is 2.13. The monoisotopic (exact) mass is 167 g/mol. The van der Waals surface area contributed by atoms with Crippen LogP contribution >= 0.6 is 0 Å². The van der Waals surface area contributed by atoms with Crippen molar-refractivity contribution in [2.75, 3.05) is 0 Å². The lowest BCUT2D eigenvalue weighted by Crippen LogP contribution is -2.20. The second-order valence-corrected chi connectivity index (χ2v) is 3.99. The molecular formula is C11H21N. The Labute approximate surface area is 76.0 Å². The molecule has 0 aliphatic heterocycles. The normalized spacial score (nSPS) is 23.1. The van der Waals surface area contributed by atoms with Crippen molar-refractivity contribution in [1.82, 2.24) is 0 Å². The summed E-state index contributed by atoms with van der Waals surface area (Å²) in [7, 11) is 0. The Morgan fingerprint density at radius 2 is 1.83 bits per heavy atom. The van der Waals surface area contributed by atoms with Crippen LogP contribution in [0.4, 0.5) is 0 Å². The van der Waals surface area contributed by atoms with Gasteiger partial charge >= 0.3 is 0 Å². The van der Waals surface area contributed by atoms with E-state index in [0.717, 1.165) is 12.3 Å². The fraction of sp³-hybridized carbons (Fsp3) is 0.818. The smallest absolute Gasteiger partial charge is 0.0223 e. The zero-order valence-corrected chi connectivity index (χ0v) is 7.97. The molecule has 0 amide bonds. The van der Waals surface area contributed by atoms with E-state index >= 15 is 0 Å². The SMILES string of the molecule is C=CC(N)CC1CCCCCC1. The van der Waals surface area contributed by atoms with E-state index in [9.17, 15) is 0 Å². The molecule has 1 saturated carbocycles. The molecule has 1 fully saturated rings. The minimum atomic E-state index is 0.230. The van der Waals surface area contributed by atoms with Gasteiger partial charge in [0.25, 0.3) is 0 Å². The third-order valence-electron chi connectivity index (χ3n) is 2.88. The summed E-state index contributed by atoms with van der Waals surface area (Å²) in [5, 5.41) is 0. The summed E-state index contributed by atoms with van der Waals surface area (Å²) in [6, 6.07) is 0.230. The van der Waals surface area contributed by atoms with E-state index < -0.39 is 0 Å². The van der Waals surface area contributed by atoms with Crippen LogP contribution in [-0.2, 0) is 0 Å². The van der Waals surface area contributed by atoms with Gasteiger partial charge in [0.15, 0.2) is 0 Å². The molecule has 1 nitrogen and oxygen atoms in total. The minimum Gasteiger partial charge on any atom is -0.324 e. The summed E-state index contributed by atoms with van der Waals surface area (Å²) in [6.45, 7) is 3.72. The van der Waals surface area contributed by atoms with Gasteiger partial charge in [-0.2, -0.15) is 0 Å². The maximum absolute atomic E-state index is 5.84. The summed E-state index contributed by atoms with van der Waals surface area (Å²) in [5.74, 6) is 0.875. The van der Waals surface area contributed by atoms with Gasteiger partial charge in [0.1, 0.15) is 0 Å². The predicted octanol–water partition coefficient (Wildman–Crippen LogP) is 2.86. The Kier molecular flexibility index (Phi) is 4.37. The first-order valence-electron chi connectivity index (χ1n) is 5.21. The largest absolute Gasteiger partial charge is 0.324 e. The Balaban J connectivity index is 2.24. The van der Waals surface area contributed by atoms with Crippen LogP contribution in [-0.4, -0.2) is 6.04 Å². The van der Waals surface area contributed by atoms with Crippen molar-refractivity contribution in [3.63, 3.8) is 0 Å². The summed E-state index contributed by atoms with van der Waals surface area (Å²) >= 11 is 0. The Bertz CT molecular complexity index is 123. The molecule has 0 aromatic heterocycles. The van der Waals surface area contributed by atoms with E-state index in [2.05, 4.69) is 6.58 Å². The molecular weight excluding hydrogens is 146 g/mol. The van der Waals surface area contributed by atoms with Gasteiger partial charge in [0, 0.05) is 6.04 Å². The molecule has 0 heterocycles. The highest BCUT2D eigenvalue weighted by atomic mass is 14.6. The van der Waals surface area contributed by atoms with Crippen LogP contribution in [0.1, 0.15) is 44.9 Å². The average molecular weight is 167 g/mol. The maximum Gasteiger partial charge on any atom is 0.0223 e. The van der Waals surface area contributed by atoms with Crippen molar-refractivity contribution in [2.45, 2.75) is 51.0 Å². The van der Waals surface area contributed by atoms with Crippen molar-refractivity contribution in [3.05, 3.63) is 12.7 Å². The lowest BCUT2D eigenvalue weighted by Gasteiger charge is -2.16. The number of hydrogen-bond donors (Lipinski definition) is 1. The lowest BCUT2D eigenvalue weighted by atomic mass is 9.93. The lowest BCUT2D eigenvalue weighted by molar-refractivity contribution is 0.411. The third kappa shape index (κ3) is 3.40. The van der Waals surface area contributed by atoms with E-state index in [1.54, 1.807) is 0 Å². The van der Waals surface area contributed by atoms with Gasteiger partial charge in [0.2, 0.25) is 0 Å². The first-order chi connectivity index (χ1) is 5.83. The van der Waals surface area contributed by atoms with Crippen molar-refractivity contribution in [1.29, 1.82) is 0 Å². The van der Waals surface area contributed by atoms with Gasteiger partial charge < -0.3 is 5.73 Å². The quantitative estimate of drug-likeness (QED) is 0.507. The van der Waals surface area contributed by atoms with Gasteiger partial charge in [-0.05, 0) is 12.3 Å². The van der Waals surface area contributed by atoms with Crippen LogP contribution in [0.3, 0.4) is 0 Å². The minimum absolute atomic E-state index is 0.230. The van der Waals surface area contributed by atoms with Gasteiger partial charge in [-0.1, -0.05) is 44.6 Å². The molecule has 0 radical (unpaired) electrons. The zero-order valence-electron chi connectivity index (χ0n) is 7.97. The molecule has 1 heteroatoms. The average Bonchev–Trinajstić information content (AvgIpc) is 2.33. The standard InChI is InChI=1S/C11H21N/c1-2-11(12)9-10-7-5-3-4-6-8-10/h2,10-11H,1,3-9,12H2. The summed E-state index contributed by atoms with van der Waals surface area (Å²) < 4.78 is 0. The predicted molar refractivity (Wildman–Crippen MR) is 54.0 cm³/mol. The molecule has 0 bridgehead atoms. The Morgan fingerprint density at radius 1 is 1.25 bits per heavy atom. The molecule has 0 aromatic rings. The summed E-state index contributed by atoms with van der Waals surface area (Å²) in [4.78, 5) is 0. The van der Waals surface area contributed by atoms with E-state index in [1.807, 2.05) is 6.08 Å². The molecule has 1 aliphatic carbocycles. The molecule has 0 saturated heterocycles. The zero-order chi connectivity index (χ0) is 8.81. The summed E-state index contributed by atoms with van der Waals surface area (Å²) in [6.07, 6.45) is 11.5. The molecule has 2 N–H and O–H groups in total. The molecule has 12 heavy (non-hydrogen) atoms. The van der Waals surface area contributed by atoms with E-state index in [1.165, 1.54) is 38.5 Å². The molecule has 1 rings (SSSR count). The second kappa shape index (κ2) is 5.36. The van der Waals surface area contributed by atoms with Crippen LogP contribution in [0.25, 0.3) is 0 Å². The molecule has 1 unspecified atom stereocenters. The Morgan fingerprint density at radius 3 is 2.33 bits per heavy atom. The highest BCUT2D eigenvalue weighted by molar-refractivity contribution is 4.84. The maximum atomic E-state index is 5.84. The Hall–Kier alpha value is -0.300. The van der Waals surface area contributed by atoms with Crippen molar-refractivity contribution in [3.8, 4) is 0 Å². The molecule has 1 aliphatic rings. The number of nitrogens with two attached hydrogens (primary N) is 1. The van der Waals surface area contributed by atoms with Crippen LogP contribution in [0.15, 0.2) is 12.7 Å². The van der Waals surface area contributed by atoms with E-state index in [4.69, 9.17) is 5.73 Å². The third-order valence-corrected chi connectivity index (χ3v) is 2.88. The fourth-order valence-electron chi connectivity index (χ4n) is 2.08. The first kappa shape index (κ1) is 9.79. The van der Waals surface area contributed by atoms with Gasteiger partial charge in [-0.3, -0.25) is 0 Å². The first-order valence-corrected chi connectivity index (χ1v) is 5.21. The van der Waals surface area contributed by atoms with Gasteiger partial charge in [0.05, 0.1) is 0 Å². The van der Waals surface area contributed by atoms with Crippen molar-refractivity contribution in [2.24, 2.45) is 11.7 Å². The topological polar surface area (TPSA) is 26.0 Å². The van der Waals surface area contributed by atoms with Crippen molar-refractivity contribution >= 4 is 0 Å². The van der Waals surface area contributed by atoms with Crippen molar-refractivity contribution < 1.29 is 0 Å². The highest BCUT2D eigenvalue weighted by Crippen LogP contribution is 2.26. The van der Waals surface area contributed by atoms with E-state index in [-0.39, 0.29) is 6.04 Å². The summed E-state index contributed by atoms with van der Waals surface area (Å²) in [5.41, 5.74) is 5.84. The fourth-order valence-corrected chi connectivity index (χ4v) is 2.08. The molecule has 0 aromatic carbocycles. The van der Waals surface area contributed by atoms with Crippen LogP contribution in [0, 0.1) is 5.92 Å². The number of hydrogen-bond acceptors (Lipinski definition) is 1. The number of rotatable bonds is 3. The molecule has 70 valence electrons. The van der Waals surface area contributed by atoms with E-state index in [0.29, 0.717) is 0 Å². The molecule has 0 spiro atoms. The van der Waals surface area contributed by atoms with Gasteiger partial charge in [-0.15, -0.1) is 6.58 Å². The van der Waals surface area contributed by atoms with Crippen LogP contribution < -0.4 is 5.73 Å². The second-order valence-electron chi connectivity index (χ2n) is 3.99. The van der Waals surface area contributed by atoms with Crippen LogP contribution in [0.2, 0.25) is 0 Å². The molecule has 1 atom stereocenters. The van der Waals surface area contributed by atoms with Crippen LogP contribution in [0.5, 0.6) is 0 Å². The van der Waals surface area contributed by atoms with Gasteiger partial charge in [-0.25, -0.2) is 0 Å².